The van der Waals surface area contributed by atoms with Crippen LogP contribution < -0.4 is 0 Å². The molecule has 8 heteroatoms. The minimum Gasteiger partial charge on any atom is -0.480 e. The molecule has 0 spiro atoms. The standard InChI is InChI=1S/C7H11N3O4S/c1-9-4-6(3-8-9)15(13,14)10(2)5-7(11)12/h3-4H,5H2,1-2H3,(H,11,12). The van der Waals surface area contributed by atoms with E-state index in [1.807, 2.05) is 0 Å². The van der Waals surface area contributed by atoms with E-state index in [9.17, 15) is 13.2 Å². The van der Waals surface area contributed by atoms with Crippen LogP contribution in [0.4, 0.5) is 0 Å². The van der Waals surface area contributed by atoms with Gasteiger partial charge in [-0.15, -0.1) is 0 Å². The molecule has 0 bridgehead atoms. The highest BCUT2D eigenvalue weighted by Gasteiger charge is 2.23. The summed E-state index contributed by atoms with van der Waals surface area (Å²) in [6.07, 6.45) is 2.49. The van der Waals surface area contributed by atoms with E-state index in [1.165, 1.54) is 24.1 Å². The van der Waals surface area contributed by atoms with E-state index in [2.05, 4.69) is 5.10 Å². The Balaban J connectivity index is 2.98. The fraction of sp³-hybridized carbons (Fsp3) is 0.429. The Morgan fingerprint density at radius 3 is 2.67 bits per heavy atom. The molecule has 0 fully saturated rings. The van der Waals surface area contributed by atoms with Crippen molar-refractivity contribution in [2.45, 2.75) is 4.90 Å². The lowest BCUT2D eigenvalue weighted by Gasteiger charge is -2.12. The molecule has 0 amide bonds. The van der Waals surface area contributed by atoms with Crippen molar-refractivity contribution in [1.82, 2.24) is 14.1 Å². The summed E-state index contributed by atoms with van der Waals surface area (Å²) in [5.41, 5.74) is 0. The topological polar surface area (TPSA) is 92.5 Å². The molecular weight excluding hydrogens is 222 g/mol. The van der Waals surface area contributed by atoms with Crippen molar-refractivity contribution in [2.24, 2.45) is 7.05 Å². The Kier molecular flexibility index (Phi) is 3.10. The summed E-state index contributed by atoms with van der Waals surface area (Å²) in [6, 6.07) is 0. The summed E-state index contributed by atoms with van der Waals surface area (Å²) in [7, 11) is -0.960. The molecule has 1 aromatic rings. The molecule has 0 unspecified atom stereocenters. The molecular formula is C7H11N3O4S. The van der Waals surface area contributed by atoms with E-state index in [-0.39, 0.29) is 4.90 Å². The number of carbonyl (C=O) groups is 1. The number of rotatable bonds is 4. The lowest BCUT2D eigenvalue weighted by Crippen LogP contribution is -2.31. The first-order valence-electron chi connectivity index (χ1n) is 4.01. The normalized spacial score (nSPS) is 11.9. The van der Waals surface area contributed by atoms with Gasteiger partial charge in [0.05, 0.1) is 6.20 Å². The second-order valence-corrected chi connectivity index (χ2v) is 5.05. The highest BCUT2D eigenvalue weighted by molar-refractivity contribution is 7.89. The van der Waals surface area contributed by atoms with E-state index in [0.717, 1.165) is 4.31 Å². The zero-order chi connectivity index (χ0) is 11.6. The number of aromatic nitrogens is 2. The average molecular weight is 233 g/mol. The molecule has 1 rings (SSSR count). The molecule has 0 aliphatic heterocycles. The van der Waals surface area contributed by atoms with Gasteiger partial charge in [0.25, 0.3) is 0 Å². The van der Waals surface area contributed by atoms with Crippen LogP contribution in [0.25, 0.3) is 0 Å². The Morgan fingerprint density at radius 2 is 2.27 bits per heavy atom. The van der Waals surface area contributed by atoms with Gasteiger partial charge in [-0.05, 0) is 0 Å². The molecule has 0 aromatic carbocycles. The SMILES string of the molecule is CN(CC(=O)O)S(=O)(=O)c1cnn(C)c1. The van der Waals surface area contributed by atoms with Gasteiger partial charge in [0.2, 0.25) is 10.0 Å². The van der Waals surface area contributed by atoms with Crippen LogP contribution in [-0.4, -0.2) is 47.2 Å². The van der Waals surface area contributed by atoms with Crippen molar-refractivity contribution >= 4 is 16.0 Å². The Labute approximate surface area is 87.0 Å². The molecule has 7 nitrogen and oxygen atoms in total. The molecule has 1 heterocycles. The maximum absolute atomic E-state index is 11.7. The van der Waals surface area contributed by atoms with E-state index in [0.29, 0.717) is 0 Å². The molecule has 0 aliphatic rings. The van der Waals surface area contributed by atoms with Crippen molar-refractivity contribution < 1.29 is 18.3 Å². The Hall–Kier alpha value is -1.41. The largest absolute Gasteiger partial charge is 0.480 e. The van der Waals surface area contributed by atoms with Gasteiger partial charge in [-0.1, -0.05) is 0 Å². The van der Waals surface area contributed by atoms with Crippen molar-refractivity contribution in [2.75, 3.05) is 13.6 Å². The smallest absolute Gasteiger partial charge is 0.318 e. The summed E-state index contributed by atoms with van der Waals surface area (Å²) in [5.74, 6) is -1.20. The molecule has 1 N–H and O–H groups in total. The zero-order valence-corrected chi connectivity index (χ0v) is 9.10. The van der Waals surface area contributed by atoms with E-state index < -0.39 is 22.5 Å². The first-order valence-corrected chi connectivity index (χ1v) is 5.45. The van der Waals surface area contributed by atoms with Gasteiger partial charge in [0.15, 0.2) is 0 Å². The van der Waals surface area contributed by atoms with Gasteiger partial charge < -0.3 is 5.11 Å². The predicted octanol–water partition coefficient (Wildman–Crippen LogP) is -0.875. The van der Waals surface area contributed by atoms with E-state index in [1.54, 1.807) is 7.05 Å². The molecule has 0 atom stereocenters. The van der Waals surface area contributed by atoms with Crippen molar-refractivity contribution in [1.29, 1.82) is 0 Å². The number of hydrogen-bond acceptors (Lipinski definition) is 4. The first-order chi connectivity index (χ1) is 6.84. The number of likely N-dealkylation sites (N-methyl/N-ethyl adjacent to an activating group) is 1. The van der Waals surface area contributed by atoms with Gasteiger partial charge in [-0.25, -0.2) is 8.42 Å². The third-order valence-electron chi connectivity index (χ3n) is 1.75. The van der Waals surface area contributed by atoms with Crippen LogP contribution in [0.2, 0.25) is 0 Å². The van der Waals surface area contributed by atoms with Crippen LogP contribution >= 0.6 is 0 Å². The van der Waals surface area contributed by atoms with Crippen molar-refractivity contribution in [3.05, 3.63) is 12.4 Å². The third kappa shape index (κ3) is 2.54. The number of hydrogen-bond donors (Lipinski definition) is 1. The second kappa shape index (κ2) is 3.99. The molecule has 0 radical (unpaired) electrons. The van der Waals surface area contributed by atoms with Gasteiger partial charge in [0, 0.05) is 20.3 Å². The van der Waals surface area contributed by atoms with Gasteiger partial charge in [-0.3, -0.25) is 9.48 Å². The Morgan fingerprint density at radius 1 is 1.67 bits per heavy atom. The summed E-state index contributed by atoms with van der Waals surface area (Å²) in [4.78, 5) is 10.3. The van der Waals surface area contributed by atoms with Crippen LogP contribution in [0.1, 0.15) is 0 Å². The summed E-state index contributed by atoms with van der Waals surface area (Å²) in [5, 5.41) is 12.2. The van der Waals surface area contributed by atoms with Gasteiger partial charge in [-0.2, -0.15) is 9.40 Å². The fourth-order valence-electron chi connectivity index (χ4n) is 0.987. The number of carboxylic acid groups (broad SMARTS) is 1. The highest BCUT2D eigenvalue weighted by atomic mass is 32.2. The molecule has 0 saturated carbocycles. The van der Waals surface area contributed by atoms with E-state index in [4.69, 9.17) is 5.11 Å². The number of nitrogens with zero attached hydrogens (tertiary/aromatic N) is 3. The summed E-state index contributed by atoms with van der Waals surface area (Å²) in [6.45, 7) is -0.572. The maximum atomic E-state index is 11.7. The maximum Gasteiger partial charge on any atom is 0.318 e. The molecule has 0 saturated heterocycles. The van der Waals surface area contributed by atoms with Crippen molar-refractivity contribution in [3.8, 4) is 0 Å². The zero-order valence-electron chi connectivity index (χ0n) is 8.28. The van der Waals surface area contributed by atoms with Crippen LogP contribution in [-0.2, 0) is 21.9 Å². The number of aryl methyl sites for hydroxylation is 1. The van der Waals surface area contributed by atoms with Crippen LogP contribution in [0.5, 0.6) is 0 Å². The molecule has 0 aliphatic carbocycles. The highest BCUT2D eigenvalue weighted by Crippen LogP contribution is 2.11. The van der Waals surface area contributed by atoms with Gasteiger partial charge in [0.1, 0.15) is 11.4 Å². The summed E-state index contributed by atoms with van der Waals surface area (Å²) >= 11 is 0. The van der Waals surface area contributed by atoms with Gasteiger partial charge >= 0.3 is 5.97 Å². The fourth-order valence-corrected chi connectivity index (χ4v) is 2.09. The minimum atomic E-state index is -3.74. The number of sulfonamides is 1. The average Bonchev–Trinajstić information content (AvgIpc) is 2.50. The lowest BCUT2D eigenvalue weighted by molar-refractivity contribution is -0.137. The van der Waals surface area contributed by atoms with Crippen molar-refractivity contribution in [3.63, 3.8) is 0 Å². The minimum absolute atomic E-state index is 0.0197. The van der Waals surface area contributed by atoms with Crippen LogP contribution in [0, 0.1) is 0 Å². The van der Waals surface area contributed by atoms with E-state index >= 15 is 0 Å². The monoisotopic (exact) mass is 233 g/mol. The summed E-state index contributed by atoms with van der Waals surface area (Å²) < 4.78 is 25.5. The third-order valence-corrected chi connectivity index (χ3v) is 3.50. The quantitative estimate of drug-likeness (QED) is 0.729. The molecule has 15 heavy (non-hydrogen) atoms. The van der Waals surface area contributed by atoms with Crippen LogP contribution in [0.15, 0.2) is 17.3 Å². The lowest BCUT2D eigenvalue weighted by atomic mass is 10.7. The molecule has 1 aromatic heterocycles. The predicted molar refractivity (Wildman–Crippen MR) is 50.7 cm³/mol. The number of carboxylic acids is 1. The number of aliphatic carboxylic acids is 1. The molecule has 84 valence electrons. The van der Waals surface area contributed by atoms with Crippen LogP contribution in [0.3, 0.4) is 0 Å². The first kappa shape index (κ1) is 11.7. The second-order valence-electron chi connectivity index (χ2n) is 3.00. The Bertz CT molecular complexity index is 464.